The summed E-state index contributed by atoms with van der Waals surface area (Å²) < 4.78 is 7.01. The summed E-state index contributed by atoms with van der Waals surface area (Å²) in [5.74, 6) is 0.886. The molecule has 1 fully saturated rings. The Bertz CT molecular complexity index is 348. The van der Waals surface area contributed by atoms with Gasteiger partial charge in [0, 0.05) is 33.0 Å². The summed E-state index contributed by atoms with van der Waals surface area (Å²) in [6.45, 7) is 3.03. The van der Waals surface area contributed by atoms with E-state index < -0.39 is 5.60 Å². The van der Waals surface area contributed by atoms with Gasteiger partial charge in [0.2, 0.25) is 0 Å². The molecule has 0 amide bonds. The molecular weight excluding hydrogens is 194 g/mol. The van der Waals surface area contributed by atoms with Crippen molar-refractivity contribution in [2.45, 2.75) is 18.6 Å². The van der Waals surface area contributed by atoms with Crippen LogP contribution in [0.5, 0.6) is 0 Å². The molecule has 5 nitrogen and oxygen atoms in total. The van der Waals surface area contributed by atoms with Gasteiger partial charge in [0.15, 0.2) is 5.82 Å². The molecule has 1 saturated heterocycles. The van der Waals surface area contributed by atoms with Gasteiger partial charge in [0.05, 0.1) is 6.54 Å². The average Bonchev–Trinajstić information content (AvgIpc) is 2.69. The molecule has 2 heterocycles. The lowest BCUT2D eigenvalue weighted by Gasteiger charge is -2.21. The molecule has 0 aliphatic carbocycles. The first-order valence-corrected chi connectivity index (χ1v) is 5.03. The van der Waals surface area contributed by atoms with E-state index in [2.05, 4.69) is 5.10 Å². The molecule has 0 aromatic carbocycles. The quantitative estimate of drug-likeness (QED) is 0.748. The fourth-order valence-corrected chi connectivity index (χ4v) is 2.02. The Morgan fingerprint density at radius 3 is 2.87 bits per heavy atom. The van der Waals surface area contributed by atoms with Gasteiger partial charge < -0.3 is 14.7 Å². The SMILES string of the molecule is CO[C@H]1CN(c2ccn(C)n2)C[C@@]1(C)O. The van der Waals surface area contributed by atoms with Crippen molar-refractivity contribution < 1.29 is 9.84 Å². The minimum absolute atomic E-state index is 0.153. The molecule has 0 spiro atoms. The molecule has 0 saturated carbocycles. The van der Waals surface area contributed by atoms with Gasteiger partial charge in [0.25, 0.3) is 0 Å². The Morgan fingerprint density at radius 1 is 1.67 bits per heavy atom. The van der Waals surface area contributed by atoms with E-state index in [1.807, 2.05) is 24.2 Å². The fourth-order valence-electron chi connectivity index (χ4n) is 2.02. The van der Waals surface area contributed by atoms with Crippen molar-refractivity contribution in [3.05, 3.63) is 12.3 Å². The van der Waals surface area contributed by atoms with Crippen LogP contribution >= 0.6 is 0 Å². The normalized spacial score (nSPS) is 31.2. The maximum atomic E-state index is 10.1. The van der Waals surface area contributed by atoms with Gasteiger partial charge >= 0.3 is 0 Å². The van der Waals surface area contributed by atoms with E-state index in [1.165, 1.54) is 0 Å². The Labute approximate surface area is 89.3 Å². The Hall–Kier alpha value is -1.07. The third kappa shape index (κ3) is 1.85. The first-order chi connectivity index (χ1) is 7.03. The van der Waals surface area contributed by atoms with Crippen LogP contribution in [0, 0.1) is 0 Å². The monoisotopic (exact) mass is 211 g/mol. The van der Waals surface area contributed by atoms with Gasteiger partial charge in [-0.2, -0.15) is 5.10 Å². The summed E-state index contributed by atoms with van der Waals surface area (Å²) in [5, 5.41) is 14.4. The lowest BCUT2D eigenvalue weighted by molar-refractivity contribution is -0.0472. The van der Waals surface area contributed by atoms with Crippen molar-refractivity contribution >= 4 is 5.82 Å². The predicted molar refractivity (Wildman–Crippen MR) is 56.8 cm³/mol. The highest BCUT2D eigenvalue weighted by atomic mass is 16.5. The number of aromatic nitrogens is 2. The lowest BCUT2D eigenvalue weighted by Crippen LogP contribution is -2.39. The molecule has 0 unspecified atom stereocenters. The zero-order valence-corrected chi connectivity index (χ0v) is 9.34. The molecule has 1 aliphatic heterocycles. The third-order valence-corrected chi connectivity index (χ3v) is 2.90. The highest BCUT2D eigenvalue weighted by molar-refractivity contribution is 5.40. The third-order valence-electron chi connectivity index (χ3n) is 2.90. The van der Waals surface area contributed by atoms with Crippen LogP contribution in [-0.2, 0) is 11.8 Å². The standard InChI is InChI=1S/C10H17N3O2/c1-10(14)7-13(6-8(10)15-3)9-4-5-12(2)11-9/h4-5,8,14H,6-7H2,1-3H3/t8-,10+/m0/s1. The van der Waals surface area contributed by atoms with Crippen LogP contribution in [0.4, 0.5) is 5.82 Å². The van der Waals surface area contributed by atoms with Crippen LogP contribution in [0.1, 0.15) is 6.92 Å². The number of hydrogen-bond acceptors (Lipinski definition) is 4. The average molecular weight is 211 g/mol. The lowest BCUT2D eigenvalue weighted by atomic mass is 10.0. The summed E-state index contributed by atoms with van der Waals surface area (Å²) in [4.78, 5) is 2.04. The summed E-state index contributed by atoms with van der Waals surface area (Å²) in [5.41, 5.74) is -0.799. The molecule has 1 aromatic heterocycles. The van der Waals surface area contributed by atoms with Gasteiger partial charge in [-0.25, -0.2) is 0 Å². The number of β-amino-alcohol motifs (C(OH)–C–C–N with tert-alkyl or cyclic N) is 1. The molecule has 0 bridgehead atoms. The van der Waals surface area contributed by atoms with Crippen LogP contribution in [0.2, 0.25) is 0 Å². The fraction of sp³-hybridized carbons (Fsp3) is 0.700. The first-order valence-electron chi connectivity index (χ1n) is 5.03. The minimum Gasteiger partial charge on any atom is -0.386 e. The summed E-state index contributed by atoms with van der Waals surface area (Å²) >= 11 is 0. The summed E-state index contributed by atoms with van der Waals surface area (Å²) in [6.07, 6.45) is 1.74. The molecule has 1 N–H and O–H groups in total. The van der Waals surface area contributed by atoms with Crippen molar-refractivity contribution in [3.8, 4) is 0 Å². The second kappa shape index (κ2) is 3.50. The number of aliphatic hydroxyl groups is 1. The van der Waals surface area contributed by atoms with Crippen LogP contribution in [0.3, 0.4) is 0 Å². The molecule has 5 heteroatoms. The second-order valence-corrected chi connectivity index (χ2v) is 4.31. The second-order valence-electron chi connectivity index (χ2n) is 4.31. The number of nitrogens with zero attached hydrogens (tertiary/aromatic N) is 3. The van der Waals surface area contributed by atoms with Gasteiger partial charge in [-0.05, 0) is 6.92 Å². The summed E-state index contributed by atoms with van der Waals surface area (Å²) in [7, 11) is 3.51. The topological polar surface area (TPSA) is 50.5 Å². The maximum absolute atomic E-state index is 10.1. The van der Waals surface area contributed by atoms with Crippen LogP contribution < -0.4 is 4.90 Å². The van der Waals surface area contributed by atoms with Crippen molar-refractivity contribution in [1.82, 2.24) is 9.78 Å². The van der Waals surface area contributed by atoms with E-state index in [9.17, 15) is 5.11 Å². The van der Waals surface area contributed by atoms with E-state index in [0.717, 1.165) is 5.82 Å². The van der Waals surface area contributed by atoms with E-state index in [-0.39, 0.29) is 6.10 Å². The van der Waals surface area contributed by atoms with Crippen LogP contribution in [0.15, 0.2) is 12.3 Å². The first kappa shape index (κ1) is 10.4. The summed E-state index contributed by atoms with van der Waals surface area (Å²) in [6, 6.07) is 1.94. The number of aryl methyl sites for hydroxylation is 1. The number of methoxy groups -OCH3 is 1. The van der Waals surface area contributed by atoms with Gasteiger partial charge in [-0.15, -0.1) is 0 Å². The maximum Gasteiger partial charge on any atom is 0.150 e. The molecule has 0 radical (unpaired) electrons. The number of anilines is 1. The van der Waals surface area contributed by atoms with Crippen molar-refractivity contribution in [2.75, 3.05) is 25.1 Å². The molecule has 84 valence electrons. The van der Waals surface area contributed by atoms with Crippen molar-refractivity contribution in [2.24, 2.45) is 7.05 Å². The van der Waals surface area contributed by atoms with E-state index in [4.69, 9.17) is 4.74 Å². The van der Waals surface area contributed by atoms with E-state index >= 15 is 0 Å². The van der Waals surface area contributed by atoms with Gasteiger partial charge in [0.1, 0.15) is 11.7 Å². The van der Waals surface area contributed by atoms with Crippen LogP contribution in [0.25, 0.3) is 0 Å². The number of rotatable bonds is 2. The van der Waals surface area contributed by atoms with E-state index in [0.29, 0.717) is 13.1 Å². The predicted octanol–water partition coefficient (Wildman–Crippen LogP) is 0.00610. The zero-order valence-electron chi connectivity index (χ0n) is 9.34. The molecule has 2 atom stereocenters. The molecule has 2 rings (SSSR count). The zero-order chi connectivity index (χ0) is 11.1. The highest BCUT2D eigenvalue weighted by Gasteiger charge is 2.42. The smallest absolute Gasteiger partial charge is 0.150 e. The Balaban J connectivity index is 2.15. The largest absolute Gasteiger partial charge is 0.386 e. The molecular formula is C10H17N3O2. The molecule has 1 aliphatic rings. The Kier molecular flexibility index (Phi) is 2.44. The van der Waals surface area contributed by atoms with Crippen LogP contribution in [-0.4, -0.2) is 46.8 Å². The van der Waals surface area contributed by atoms with E-state index in [1.54, 1.807) is 18.7 Å². The highest BCUT2D eigenvalue weighted by Crippen LogP contribution is 2.27. The molecule has 1 aromatic rings. The van der Waals surface area contributed by atoms with Gasteiger partial charge in [-0.1, -0.05) is 0 Å². The Morgan fingerprint density at radius 2 is 2.40 bits per heavy atom. The molecule has 15 heavy (non-hydrogen) atoms. The minimum atomic E-state index is -0.799. The van der Waals surface area contributed by atoms with Gasteiger partial charge in [-0.3, -0.25) is 4.68 Å². The number of ether oxygens (including phenoxy) is 1. The number of hydrogen-bond donors (Lipinski definition) is 1. The van der Waals surface area contributed by atoms with Crippen molar-refractivity contribution in [3.63, 3.8) is 0 Å². The van der Waals surface area contributed by atoms with Crippen molar-refractivity contribution in [1.29, 1.82) is 0 Å².